The highest BCUT2D eigenvalue weighted by Gasteiger charge is 2.30. The van der Waals surface area contributed by atoms with Crippen molar-refractivity contribution in [1.82, 2.24) is 10.2 Å². The summed E-state index contributed by atoms with van der Waals surface area (Å²) in [6.07, 6.45) is 3.55. The molecule has 0 spiro atoms. The molecule has 2 heterocycles. The van der Waals surface area contributed by atoms with Gasteiger partial charge in [-0.15, -0.1) is 0 Å². The van der Waals surface area contributed by atoms with Crippen LogP contribution in [0, 0.1) is 6.92 Å². The molecule has 2 aliphatic heterocycles. The van der Waals surface area contributed by atoms with Crippen LogP contribution in [0.5, 0.6) is 0 Å². The summed E-state index contributed by atoms with van der Waals surface area (Å²) in [6, 6.07) is 5.69. The average Bonchev–Trinajstić information content (AvgIpc) is 2.99. The normalized spacial score (nSPS) is 20.3. The van der Waals surface area contributed by atoms with Crippen molar-refractivity contribution < 1.29 is 13.2 Å². The topological polar surface area (TPSA) is 69.7 Å². The van der Waals surface area contributed by atoms with Crippen molar-refractivity contribution in [3.63, 3.8) is 0 Å². The number of nitrogens with zero attached hydrogens (tertiary/aromatic N) is 2. The lowest BCUT2D eigenvalue weighted by molar-refractivity contribution is 0.0642. The summed E-state index contributed by atoms with van der Waals surface area (Å²) < 4.78 is 25.7. The summed E-state index contributed by atoms with van der Waals surface area (Å²) in [5.41, 5.74) is 2.18. The molecule has 6 nitrogen and oxygen atoms in total. The first-order valence-corrected chi connectivity index (χ1v) is 11.2. The van der Waals surface area contributed by atoms with Crippen LogP contribution in [0.15, 0.2) is 18.2 Å². The van der Waals surface area contributed by atoms with E-state index in [1.807, 2.05) is 17.9 Å². The van der Waals surface area contributed by atoms with Crippen molar-refractivity contribution in [2.75, 3.05) is 36.2 Å². The number of carbonyl (C=O) groups is 1. The molecule has 2 aliphatic rings. The molecule has 26 heavy (non-hydrogen) atoms. The molecule has 1 amide bonds. The maximum absolute atomic E-state index is 13.2. The number of benzene rings is 1. The zero-order chi connectivity index (χ0) is 18.7. The maximum atomic E-state index is 13.2. The predicted molar refractivity (Wildman–Crippen MR) is 104 cm³/mol. The molecule has 0 aliphatic carbocycles. The lowest BCUT2D eigenvalue weighted by Gasteiger charge is -2.35. The lowest BCUT2D eigenvalue weighted by Crippen LogP contribution is -2.46. The van der Waals surface area contributed by atoms with Gasteiger partial charge in [-0.25, -0.2) is 8.42 Å². The monoisotopic (exact) mass is 379 g/mol. The molecule has 1 N–H and O–H groups in total. The fraction of sp³-hybridized carbons (Fsp3) is 0.632. The average molecular weight is 380 g/mol. The van der Waals surface area contributed by atoms with Gasteiger partial charge in [-0.3, -0.25) is 9.10 Å². The standard InChI is InChI=1S/C19H29N3O3S/c1-3-11-21(16-7-9-20-10-8-16)19(23)18-6-5-17(14-15(18)2)22-12-4-13-26(22,24)25/h5-6,14,16,20H,3-4,7-13H2,1-2H3. The number of hydrogen-bond acceptors (Lipinski definition) is 4. The van der Waals surface area contributed by atoms with E-state index in [2.05, 4.69) is 12.2 Å². The molecule has 0 saturated carbocycles. The highest BCUT2D eigenvalue weighted by atomic mass is 32.2. The minimum Gasteiger partial charge on any atom is -0.336 e. The number of hydrogen-bond donors (Lipinski definition) is 1. The van der Waals surface area contributed by atoms with Crippen LogP contribution in [-0.4, -0.2) is 57.2 Å². The van der Waals surface area contributed by atoms with Gasteiger partial charge in [0.1, 0.15) is 0 Å². The van der Waals surface area contributed by atoms with Crippen molar-refractivity contribution in [3.8, 4) is 0 Å². The van der Waals surface area contributed by atoms with Crippen molar-refractivity contribution >= 4 is 21.6 Å². The van der Waals surface area contributed by atoms with Gasteiger partial charge >= 0.3 is 0 Å². The summed E-state index contributed by atoms with van der Waals surface area (Å²) in [4.78, 5) is 15.2. The van der Waals surface area contributed by atoms with Crippen LogP contribution in [0.1, 0.15) is 48.5 Å². The Hall–Kier alpha value is -1.60. The van der Waals surface area contributed by atoms with Gasteiger partial charge in [0.15, 0.2) is 0 Å². The van der Waals surface area contributed by atoms with E-state index in [1.165, 1.54) is 4.31 Å². The molecule has 2 fully saturated rings. The number of anilines is 1. The molecule has 0 bridgehead atoms. The summed E-state index contributed by atoms with van der Waals surface area (Å²) in [7, 11) is -3.20. The molecule has 2 saturated heterocycles. The fourth-order valence-corrected chi connectivity index (χ4v) is 5.49. The first kappa shape index (κ1) is 19.2. The minimum absolute atomic E-state index is 0.0621. The van der Waals surface area contributed by atoms with Crippen LogP contribution in [0.4, 0.5) is 5.69 Å². The van der Waals surface area contributed by atoms with Crippen molar-refractivity contribution in [3.05, 3.63) is 29.3 Å². The van der Waals surface area contributed by atoms with Crippen LogP contribution in [0.2, 0.25) is 0 Å². The molecular formula is C19H29N3O3S. The van der Waals surface area contributed by atoms with Crippen molar-refractivity contribution in [2.24, 2.45) is 0 Å². The molecule has 0 aromatic heterocycles. The Kier molecular flexibility index (Phi) is 5.87. The highest BCUT2D eigenvalue weighted by molar-refractivity contribution is 7.93. The molecule has 7 heteroatoms. The SMILES string of the molecule is CCCN(C(=O)c1ccc(N2CCCS2(=O)=O)cc1C)C1CCNCC1. The molecule has 0 atom stereocenters. The van der Waals surface area contributed by atoms with Gasteiger partial charge in [0.05, 0.1) is 11.4 Å². The van der Waals surface area contributed by atoms with Gasteiger partial charge in [-0.05, 0) is 69.5 Å². The maximum Gasteiger partial charge on any atom is 0.254 e. The number of piperidine rings is 1. The van der Waals surface area contributed by atoms with Crippen LogP contribution in [0.3, 0.4) is 0 Å². The van der Waals surface area contributed by atoms with E-state index in [0.29, 0.717) is 24.2 Å². The van der Waals surface area contributed by atoms with Gasteiger partial charge in [0.25, 0.3) is 5.91 Å². The van der Waals surface area contributed by atoms with E-state index >= 15 is 0 Å². The Bertz CT molecular complexity index is 757. The van der Waals surface area contributed by atoms with Crippen LogP contribution < -0.4 is 9.62 Å². The molecule has 144 valence electrons. The van der Waals surface area contributed by atoms with Crippen LogP contribution >= 0.6 is 0 Å². The van der Waals surface area contributed by atoms with Gasteiger partial charge < -0.3 is 10.2 Å². The third kappa shape index (κ3) is 3.88. The zero-order valence-corrected chi connectivity index (χ0v) is 16.5. The number of aryl methyl sites for hydroxylation is 1. The number of carbonyl (C=O) groups excluding carboxylic acids is 1. The second-order valence-corrected chi connectivity index (χ2v) is 9.23. The molecular weight excluding hydrogens is 350 g/mol. The summed E-state index contributed by atoms with van der Waals surface area (Å²) >= 11 is 0. The quantitative estimate of drug-likeness (QED) is 0.851. The lowest BCUT2D eigenvalue weighted by atomic mass is 10.0. The first-order chi connectivity index (χ1) is 12.4. The number of sulfonamides is 1. The molecule has 0 unspecified atom stereocenters. The number of rotatable bonds is 5. The van der Waals surface area contributed by atoms with E-state index in [1.54, 1.807) is 12.1 Å². The number of amides is 1. The second kappa shape index (κ2) is 7.96. The largest absolute Gasteiger partial charge is 0.336 e. The molecule has 1 aromatic rings. The van der Waals surface area contributed by atoms with Gasteiger partial charge in [-0.2, -0.15) is 0 Å². The Labute approximate surface area is 156 Å². The highest BCUT2D eigenvalue weighted by Crippen LogP contribution is 2.27. The minimum atomic E-state index is -3.20. The van der Waals surface area contributed by atoms with Gasteiger partial charge in [0, 0.05) is 24.7 Å². The van der Waals surface area contributed by atoms with Crippen LogP contribution in [-0.2, 0) is 10.0 Å². The van der Waals surface area contributed by atoms with E-state index < -0.39 is 10.0 Å². The van der Waals surface area contributed by atoms with Crippen molar-refractivity contribution in [1.29, 1.82) is 0 Å². The molecule has 1 aromatic carbocycles. The Morgan fingerprint density at radius 3 is 2.62 bits per heavy atom. The van der Waals surface area contributed by atoms with Crippen molar-refractivity contribution in [2.45, 2.75) is 45.6 Å². The summed E-state index contributed by atoms with van der Waals surface area (Å²) in [5.74, 6) is 0.263. The second-order valence-electron chi connectivity index (χ2n) is 7.22. The molecule has 0 radical (unpaired) electrons. The third-order valence-corrected chi connectivity index (χ3v) is 7.17. The smallest absolute Gasteiger partial charge is 0.254 e. The predicted octanol–water partition coefficient (Wildman–Crippen LogP) is 2.14. The molecule has 3 rings (SSSR count). The Balaban J connectivity index is 1.84. The third-order valence-electron chi connectivity index (χ3n) is 5.30. The fourth-order valence-electron chi connectivity index (χ4n) is 3.94. The van der Waals surface area contributed by atoms with Gasteiger partial charge in [0.2, 0.25) is 10.0 Å². The van der Waals surface area contributed by atoms with Gasteiger partial charge in [-0.1, -0.05) is 6.92 Å². The summed E-state index contributed by atoms with van der Waals surface area (Å²) in [5, 5.41) is 3.35. The van der Waals surface area contributed by atoms with E-state index in [0.717, 1.165) is 44.5 Å². The number of nitrogens with one attached hydrogen (secondary N) is 1. The Morgan fingerprint density at radius 2 is 2.04 bits per heavy atom. The summed E-state index contributed by atoms with van der Waals surface area (Å²) in [6.45, 7) is 7.16. The Morgan fingerprint density at radius 1 is 1.31 bits per heavy atom. The van der Waals surface area contributed by atoms with E-state index in [9.17, 15) is 13.2 Å². The van der Waals surface area contributed by atoms with E-state index in [4.69, 9.17) is 0 Å². The van der Waals surface area contributed by atoms with Crippen LogP contribution in [0.25, 0.3) is 0 Å². The first-order valence-electron chi connectivity index (χ1n) is 9.57. The zero-order valence-electron chi connectivity index (χ0n) is 15.7. The van der Waals surface area contributed by atoms with E-state index in [-0.39, 0.29) is 17.7 Å².